The number of ether oxygens (including phenoxy) is 2. The summed E-state index contributed by atoms with van der Waals surface area (Å²) in [6.07, 6.45) is 0. The molecule has 2 rings (SSSR count). The molecule has 2 aromatic rings. The molecule has 0 saturated carbocycles. The van der Waals surface area contributed by atoms with Crippen molar-refractivity contribution in [1.82, 2.24) is 0 Å². The molecule has 0 radical (unpaired) electrons. The number of methoxy groups -OCH3 is 1. The number of rotatable bonds is 6. The molecule has 0 aromatic heterocycles. The zero-order valence-corrected chi connectivity index (χ0v) is 13.1. The summed E-state index contributed by atoms with van der Waals surface area (Å²) in [6.45, 7) is 0.993. The van der Waals surface area contributed by atoms with Crippen LogP contribution >= 0.6 is 0 Å². The Kier molecular flexibility index (Phi) is 5.44. The highest BCUT2D eigenvalue weighted by Gasteiger charge is 2.12. The number of nitrogens with zero attached hydrogens (tertiary/aromatic N) is 3. The van der Waals surface area contributed by atoms with Crippen molar-refractivity contribution < 1.29 is 9.47 Å². The molecule has 2 aromatic carbocycles. The van der Waals surface area contributed by atoms with Gasteiger partial charge in [-0.1, -0.05) is 6.07 Å². The molecule has 0 N–H and O–H groups in total. The van der Waals surface area contributed by atoms with Crippen LogP contribution in [-0.4, -0.2) is 27.3 Å². The van der Waals surface area contributed by atoms with E-state index in [1.165, 1.54) is 0 Å². The second-order valence-electron chi connectivity index (χ2n) is 4.87. The first-order valence-electron chi connectivity index (χ1n) is 7.10. The number of benzene rings is 2. The van der Waals surface area contributed by atoms with Crippen molar-refractivity contribution in [3.05, 3.63) is 53.6 Å². The van der Waals surface area contributed by atoms with Crippen molar-refractivity contribution in [3.63, 3.8) is 0 Å². The van der Waals surface area contributed by atoms with E-state index in [0.29, 0.717) is 30.0 Å². The number of nitriles is 2. The molecule has 0 heterocycles. The molecule has 0 amide bonds. The summed E-state index contributed by atoms with van der Waals surface area (Å²) in [4.78, 5) is 1.86. The maximum atomic E-state index is 9.21. The normalized spacial score (nSPS) is 9.57. The van der Waals surface area contributed by atoms with Gasteiger partial charge in [0.05, 0.1) is 30.5 Å². The van der Waals surface area contributed by atoms with Crippen LogP contribution in [-0.2, 0) is 0 Å². The summed E-state index contributed by atoms with van der Waals surface area (Å²) in [7, 11) is 3.46. The minimum Gasteiger partial charge on any atom is -0.497 e. The minimum absolute atomic E-state index is 0.438. The highest BCUT2D eigenvalue weighted by Crippen LogP contribution is 2.23. The topological polar surface area (TPSA) is 69.3 Å². The van der Waals surface area contributed by atoms with Gasteiger partial charge in [0.1, 0.15) is 30.2 Å². The van der Waals surface area contributed by atoms with E-state index in [2.05, 4.69) is 12.1 Å². The fourth-order valence-electron chi connectivity index (χ4n) is 2.22. The second-order valence-corrected chi connectivity index (χ2v) is 4.87. The van der Waals surface area contributed by atoms with Crippen LogP contribution in [0.4, 0.5) is 5.69 Å². The van der Waals surface area contributed by atoms with Crippen LogP contribution in [0.1, 0.15) is 11.1 Å². The maximum absolute atomic E-state index is 9.21. The Balaban J connectivity index is 2.01. The Bertz CT molecular complexity index is 710. The monoisotopic (exact) mass is 307 g/mol. The zero-order valence-electron chi connectivity index (χ0n) is 13.1. The van der Waals surface area contributed by atoms with Gasteiger partial charge in [0.2, 0.25) is 0 Å². The molecular formula is C18H17N3O2. The van der Waals surface area contributed by atoms with Gasteiger partial charge in [0.15, 0.2) is 0 Å². The molecule has 0 aliphatic carbocycles. The molecule has 5 heteroatoms. The Labute approximate surface area is 135 Å². The molecule has 0 aliphatic heterocycles. The van der Waals surface area contributed by atoms with Crippen molar-refractivity contribution >= 4 is 5.69 Å². The van der Waals surface area contributed by atoms with Gasteiger partial charge in [-0.05, 0) is 36.4 Å². The highest BCUT2D eigenvalue weighted by atomic mass is 16.5. The first-order valence-corrected chi connectivity index (χ1v) is 7.10. The number of likely N-dealkylation sites (N-methyl/N-ethyl adjacent to an activating group) is 1. The quantitative estimate of drug-likeness (QED) is 0.820. The summed E-state index contributed by atoms with van der Waals surface area (Å²) < 4.78 is 10.8. The van der Waals surface area contributed by atoms with Gasteiger partial charge < -0.3 is 14.4 Å². The fraction of sp³-hybridized carbons (Fsp3) is 0.222. The lowest BCUT2D eigenvalue weighted by molar-refractivity contribution is 0.325. The standard InChI is InChI=1S/C18H17N3O2/c1-21(18-14(12-19)4-3-5-15(18)13-20)10-11-23-17-8-6-16(22-2)7-9-17/h3-9H,10-11H2,1-2H3. The van der Waals surface area contributed by atoms with Gasteiger partial charge in [-0.3, -0.25) is 0 Å². The smallest absolute Gasteiger partial charge is 0.119 e. The molecule has 0 saturated heterocycles. The van der Waals surface area contributed by atoms with Gasteiger partial charge in [-0.25, -0.2) is 0 Å². The summed E-state index contributed by atoms with van der Waals surface area (Å²) in [5.74, 6) is 1.52. The van der Waals surface area contributed by atoms with Gasteiger partial charge in [0, 0.05) is 7.05 Å². The van der Waals surface area contributed by atoms with E-state index < -0.39 is 0 Å². The molecule has 0 spiro atoms. The van der Waals surface area contributed by atoms with Gasteiger partial charge >= 0.3 is 0 Å². The van der Waals surface area contributed by atoms with E-state index in [0.717, 1.165) is 11.5 Å². The van der Waals surface area contributed by atoms with E-state index >= 15 is 0 Å². The van der Waals surface area contributed by atoms with Crippen molar-refractivity contribution in [2.45, 2.75) is 0 Å². The molecule has 0 unspecified atom stereocenters. The zero-order chi connectivity index (χ0) is 16.7. The Morgan fingerprint density at radius 1 is 0.957 bits per heavy atom. The Morgan fingerprint density at radius 2 is 1.52 bits per heavy atom. The molecule has 5 nitrogen and oxygen atoms in total. The lowest BCUT2D eigenvalue weighted by atomic mass is 10.1. The summed E-state index contributed by atoms with van der Waals surface area (Å²) >= 11 is 0. The maximum Gasteiger partial charge on any atom is 0.119 e. The minimum atomic E-state index is 0.438. The average molecular weight is 307 g/mol. The third-order valence-corrected chi connectivity index (χ3v) is 3.41. The Morgan fingerprint density at radius 3 is 2.04 bits per heavy atom. The van der Waals surface area contributed by atoms with Gasteiger partial charge in [0.25, 0.3) is 0 Å². The number of anilines is 1. The first kappa shape index (κ1) is 16.2. The number of para-hydroxylation sites is 1. The van der Waals surface area contributed by atoms with Gasteiger partial charge in [-0.2, -0.15) is 10.5 Å². The molecule has 0 atom stereocenters. The van der Waals surface area contributed by atoms with E-state index in [1.54, 1.807) is 25.3 Å². The molecule has 0 aliphatic rings. The number of hydrogen-bond acceptors (Lipinski definition) is 5. The fourth-order valence-corrected chi connectivity index (χ4v) is 2.22. The molecule has 0 bridgehead atoms. The van der Waals surface area contributed by atoms with Crippen LogP contribution in [0.3, 0.4) is 0 Å². The first-order chi connectivity index (χ1) is 11.2. The van der Waals surface area contributed by atoms with Crippen molar-refractivity contribution in [2.75, 3.05) is 32.2 Å². The second kappa shape index (κ2) is 7.72. The molecule has 116 valence electrons. The van der Waals surface area contributed by atoms with Crippen LogP contribution in [0.15, 0.2) is 42.5 Å². The largest absolute Gasteiger partial charge is 0.497 e. The van der Waals surface area contributed by atoms with Gasteiger partial charge in [-0.15, -0.1) is 0 Å². The molecule has 0 fully saturated rings. The average Bonchev–Trinajstić information content (AvgIpc) is 2.61. The highest BCUT2D eigenvalue weighted by molar-refractivity contribution is 5.67. The van der Waals surface area contributed by atoms with E-state index in [1.807, 2.05) is 36.2 Å². The van der Waals surface area contributed by atoms with Crippen LogP contribution < -0.4 is 14.4 Å². The third kappa shape index (κ3) is 3.93. The van der Waals surface area contributed by atoms with Crippen molar-refractivity contribution in [3.8, 4) is 23.6 Å². The predicted molar refractivity (Wildman–Crippen MR) is 87.6 cm³/mol. The summed E-state index contributed by atoms with van der Waals surface area (Å²) in [6, 6.07) is 16.7. The van der Waals surface area contributed by atoms with Crippen LogP contribution in [0.5, 0.6) is 11.5 Å². The number of hydrogen-bond donors (Lipinski definition) is 0. The van der Waals surface area contributed by atoms with E-state index in [-0.39, 0.29) is 0 Å². The van der Waals surface area contributed by atoms with Crippen LogP contribution in [0, 0.1) is 22.7 Å². The lowest BCUT2D eigenvalue weighted by Gasteiger charge is -2.21. The third-order valence-electron chi connectivity index (χ3n) is 3.41. The predicted octanol–water partition coefficient (Wildman–Crippen LogP) is 2.95. The molecular weight excluding hydrogens is 290 g/mol. The molecule has 23 heavy (non-hydrogen) atoms. The Hall–Kier alpha value is -3.18. The van der Waals surface area contributed by atoms with Crippen molar-refractivity contribution in [2.24, 2.45) is 0 Å². The SMILES string of the molecule is COc1ccc(OCCN(C)c2c(C#N)cccc2C#N)cc1. The van der Waals surface area contributed by atoms with Crippen LogP contribution in [0.2, 0.25) is 0 Å². The van der Waals surface area contributed by atoms with Crippen molar-refractivity contribution in [1.29, 1.82) is 10.5 Å². The van der Waals surface area contributed by atoms with E-state index in [9.17, 15) is 10.5 Å². The lowest BCUT2D eigenvalue weighted by Crippen LogP contribution is -2.25. The van der Waals surface area contributed by atoms with E-state index in [4.69, 9.17) is 9.47 Å². The summed E-state index contributed by atoms with van der Waals surface area (Å²) in [5.41, 5.74) is 1.60. The van der Waals surface area contributed by atoms with Crippen LogP contribution in [0.25, 0.3) is 0 Å². The summed E-state index contributed by atoms with van der Waals surface area (Å²) in [5, 5.41) is 18.4.